The molecule has 88 heavy (non-hydrogen) atoms. The Hall–Kier alpha value is -7.60. The quantitative estimate of drug-likeness (QED) is 0.0581. The molecule has 0 atom stereocenters. The normalized spacial score (nSPS) is 11.4. The molecule has 0 spiro atoms. The van der Waals surface area contributed by atoms with Gasteiger partial charge in [0.05, 0.1) is 33.0 Å². The van der Waals surface area contributed by atoms with E-state index in [1.807, 2.05) is 147 Å². The third-order valence-corrected chi connectivity index (χ3v) is 15.9. The first-order chi connectivity index (χ1) is 41.1. The van der Waals surface area contributed by atoms with Gasteiger partial charge in [-0.15, -0.1) is 30.8 Å². The molecule has 17 nitrogen and oxygen atoms in total. The van der Waals surface area contributed by atoms with Crippen molar-refractivity contribution in [3.05, 3.63) is 219 Å². The van der Waals surface area contributed by atoms with Crippen molar-refractivity contribution < 1.29 is 123 Å². The van der Waals surface area contributed by atoms with Gasteiger partial charge in [0.1, 0.15) is 40.9 Å². The Morgan fingerprint density at radius 2 is 1.23 bits per heavy atom. The van der Waals surface area contributed by atoms with Gasteiger partial charge in [-0.3, -0.25) is 14.6 Å². The molecule has 0 aliphatic carbocycles. The zero-order chi connectivity index (χ0) is 59.8. The number of nitrogens with one attached hydrogen (secondary N) is 2. The number of nitrogens with zero attached hydrogens (tertiary/aromatic N) is 6. The van der Waals surface area contributed by atoms with Gasteiger partial charge in [-0.05, 0) is 113 Å². The molecule has 0 fully saturated rings. The van der Waals surface area contributed by atoms with Gasteiger partial charge in [0.2, 0.25) is 0 Å². The molecule has 1 aliphatic rings. The number of H-pyrrole nitrogens is 1. The molecule has 2 N–H and O–H groups in total. The number of imidazole rings is 2. The van der Waals surface area contributed by atoms with Gasteiger partial charge in [0.25, 0.3) is 0 Å². The maximum absolute atomic E-state index is 13.1. The second-order valence-electron chi connectivity index (χ2n) is 19.2. The molecular formula is C64H39N8Na3O9S4. The number of aromatic nitrogens is 4. The van der Waals surface area contributed by atoms with Crippen molar-refractivity contribution in [2.45, 2.75) is 13.8 Å². The summed E-state index contributed by atoms with van der Waals surface area (Å²) in [5, 5.41) is 47.2. The molecule has 0 amide bonds. The van der Waals surface area contributed by atoms with E-state index in [4.69, 9.17) is 39.8 Å². The van der Waals surface area contributed by atoms with Crippen LogP contribution in [0.2, 0.25) is 0 Å². The van der Waals surface area contributed by atoms with Crippen LogP contribution in [0.15, 0.2) is 184 Å². The van der Waals surface area contributed by atoms with Crippen LogP contribution in [-0.2, 0) is 55.4 Å². The summed E-state index contributed by atoms with van der Waals surface area (Å²) in [5.74, 6) is 1.41. The van der Waals surface area contributed by atoms with Crippen LogP contribution in [0.25, 0.3) is 114 Å². The molecule has 6 heterocycles. The number of hydrogen-bond acceptors (Lipinski definition) is 19. The Kier molecular flexibility index (Phi) is 21.3. The SMILES string of the molecule is C[S-](=O)=O.Cc1ccc2c(c1)OC(=C(C#N)C#N)C(c1nc3ccccc3[nH]1)=C2.Cc1ccc2cc3c(oc2c1)c(C#N)c(=N)n1c2ccccc2nc31.O=[S-](=O)[S-](=O)=O.O=c1c2ccccc2c2ccc3sc4ccccc4c4ccc1c2c34.[Na+].[Na+].[Na+]. The van der Waals surface area contributed by atoms with Gasteiger partial charge >= 0.3 is 88.7 Å². The monoisotopic (exact) mass is 1260 g/mol. The Morgan fingerprint density at radius 3 is 1.92 bits per heavy atom. The number of nitriles is 3. The summed E-state index contributed by atoms with van der Waals surface area (Å²) in [5.41, 5.74) is 8.96. The van der Waals surface area contributed by atoms with E-state index in [0.717, 1.165) is 77.3 Å². The van der Waals surface area contributed by atoms with Crippen LogP contribution in [0.5, 0.6) is 5.75 Å². The second-order valence-corrected chi connectivity index (χ2v) is 23.5. The Labute approximate surface area is 575 Å². The second kappa shape index (κ2) is 28.3. The number of aromatic amines is 1. The Balaban J connectivity index is 0.000000156. The minimum atomic E-state index is -2.95. The van der Waals surface area contributed by atoms with Gasteiger partial charge < -0.3 is 39.4 Å². The molecule has 0 radical (unpaired) electrons. The number of rotatable bonds is 2. The van der Waals surface area contributed by atoms with Crippen molar-refractivity contribution in [3.63, 3.8) is 0 Å². The van der Waals surface area contributed by atoms with Crippen LogP contribution in [0.1, 0.15) is 28.1 Å². The van der Waals surface area contributed by atoms with E-state index in [9.17, 15) is 20.6 Å². The summed E-state index contributed by atoms with van der Waals surface area (Å²) >= 11 is 1.80. The molecule has 416 valence electrons. The van der Waals surface area contributed by atoms with Gasteiger partial charge in [-0.2, -0.15) is 15.8 Å². The maximum atomic E-state index is 13.1. The van der Waals surface area contributed by atoms with Gasteiger partial charge in [-0.25, -0.2) is 9.97 Å². The topological polar surface area (TPSA) is 283 Å². The fourth-order valence-corrected chi connectivity index (χ4v) is 11.4. The van der Waals surface area contributed by atoms with Crippen LogP contribution < -0.4 is 104 Å². The third-order valence-electron chi connectivity index (χ3n) is 13.9. The standard InChI is InChI=1S/C23H12OS.2C20H12N4O.CH3O2S.3Na.O4S2/c24-23-17-7-2-1-5-13(17)15-11-12-20-22-16(9-10-18(23)21(15)22)14-6-3-4-8-19(14)25-20;1-11-6-7-12-9-13-18(25-17(12)8-11)14(10-21)19(22)24-16-5-3-2-4-15(16)23-20(13)24;1-12-6-7-13-9-15(19(14(10-21)11-22)25-18(13)8-12)20-23-16-4-2-3-5-17(16)24-20;1-4(2)3;;;;1-5(2)6(3)4/h1-12H;2-9,22H,1H3;2-9H,1H3,(H,23,24);1H3;;;;/q;;;-1;3*+1;-2. The number of ether oxygens (including phenoxy) is 1. The molecule has 9 aromatic carbocycles. The number of para-hydroxylation sites is 4. The third kappa shape index (κ3) is 13.0. The van der Waals surface area contributed by atoms with Crippen molar-refractivity contribution in [3.8, 4) is 24.0 Å². The average molecular weight is 1260 g/mol. The molecule has 0 bridgehead atoms. The van der Waals surface area contributed by atoms with Crippen LogP contribution >= 0.6 is 11.3 Å². The summed E-state index contributed by atoms with van der Waals surface area (Å²) in [7, 11) is -7.76. The zero-order valence-corrected chi connectivity index (χ0v) is 56.9. The summed E-state index contributed by atoms with van der Waals surface area (Å²) in [6, 6.07) is 59.9. The number of pyridine rings is 1. The van der Waals surface area contributed by atoms with Crippen molar-refractivity contribution in [1.82, 2.24) is 19.4 Å². The molecular weight excluding hydrogens is 1220 g/mol. The fraction of sp³-hybridized carbons (Fsp3) is 0.0469. The van der Waals surface area contributed by atoms with Crippen LogP contribution in [0.4, 0.5) is 0 Å². The van der Waals surface area contributed by atoms with E-state index >= 15 is 0 Å². The minimum Gasteiger partial charge on any atom is -0.454 e. The zero-order valence-electron chi connectivity index (χ0n) is 47.7. The molecule has 0 unspecified atom stereocenters. The number of fused-ring (bicyclic) bond motifs is 12. The summed E-state index contributed by atoms with van der Waals surface area (Å²) < 4.78 is 70.5. The molecule has 15 rings (SSSR count). The molecule has 14 aromatic rings. The summed E-state index contributed by atoms with van der Waals surface area (Å²) in [6.07, 6.45) is 2.97. The van der Waals surface area contributed by atoms with E-state index in [1.54, 1.807) is 15.7 Å². The van der Waals surface area contributed by atoms with E-state index in [1.165, 1.54) is 30.9 Å². The summed E-state index contributed by atoms with van der Waals surface area (Å²) in [6.45, 7) is 3.95. The Bertz CT molecular complexity index is 5640. The van der Waals surface area contributed by atoms with E-state index in [0.29, 0.717) is 34.0 Å². The maximum Gasteiger partial charge on any atom is 1.00 e. The fourth-order valence-electron chi connectivity index (χ4n) is 10.3. The smallest absolute Gasteiger partial charge is 0.454 e. The van der Waals surface area contributed by atoms with Crippen LogP contribution in [0, 0.1) is 53.3 Å². The van der Waals surface area contributed by atoms with E-state index in [2.05, 4.69) is 69.6 Å². The van der Waals surface area contributed by atoms with Gasteiger partial charge in [0.15, 0.2) is 33.5 Å². The number of benzene rings is 9. The van der Waals surface area contributed by atoms with Crippen molar-refractivity contribution >= 4 is 155 Å². The predicted octanol–water partition coefficient (Wildman–Crippen LogP) is 4.92. The van der Waals surface area contributed by atoms with Crippen molar-refractivity contribution in [2.24, 2.45) is 0 Å². The molecule has 1 aliphatic heterocycles. The van der Waals surface area contributed by atoms with Crippen LogP contribution in [0.3, 0.4) is 0 Å². The van der Waals surface area contributed by atoms with Crippen molar-refractivity contribution in [2.75, 3.05) is 6.26 Å². The Morgan fingerprint density at radius 1 is 0.625 bits per heavy atom. The first kappa shape index (κ1) is 66.4. The minimum absolute atomic E-state index is 0. The summed E-state index contributed by atoms with van der Waals surface area (Å²) in [4.78, 5) is 25.5. The molecule has 0 saturated carbocycles. The average Bonchev–Trinajstić information content (AvgIpc) is 1.43. The first-order valence-electron chi connectivity index (χ1n) is 25.5. The number of hydrogen-bond donors (Lipinski definition) is 2. The van der Waals surface area contributed by atoms with Crippen molar-refractivity contribution in [1.29, 1.82) is 21.2 Å². The molecule has 24 heteroatoms. The van der Waals surface area contributed by atoms with E-state index < -0.39 is 30.2 Å². The number of aryl methyl sites for hydroxylation is 2. The molecule has 5 aromatic heterocycles. The first-order valence-corrected chi connectivity index (χ1v) is 30.5. The number of allylic oxidation sites excluding steroid dienone is 2. The molecule has 0 saturated heterocycles. The van der Waals surface area contributed by atoms with Gasteiger partial charge in [0, 0.05) is 41.9 Å². The van der Waals surface area contributed by atoms with E-state index in [-0.39, 0.29) is 116 Å². The largest absolute Gasteiger partial charge is 1.00 e. The van der Waals surface area contributed by atoms with Crippen LogP contribution in [-0.4, -0.2) is 25.6 Å². The predicted molar refractivity (Wildman–Crippen MR) is 331 cm³/mol. The van der Waals surface area contributed by atoms with Gasteiger partial charge in [-0.1, -0.05) is 120 Å².